The molecule has 1 saturated heterocycles. The molecule has 0 aliphatic carbocycles. The minimum Gasteiger partial charge on any atom is -0.399 e. The minimum atomic E-state index is -0.593. The van der Waals surface area contributed by atoms with Gasteiger partial charge in [-0.3, -0.25) is 9.78 Å². The molecule has 2 aromatic carbocycles. The maximum Gasteiger partial charge on any atom is 0.196 e. The van der Waals surface area contributed by atoms with E-state index < -0.39 is 11.6 Å². The Balaban J connectivity index is 1.71. The molecule has 26 heavy (non-hydrogen) atoms. The van der Waals surface area contributed by atoms with Gasteiger partial charge in [-0.1, -0.05) is 0 Å². The van der Waals surface area contributed by atoms with Crippen molar-refractivity contribution in [3.8, 4) is 0 Å². The average Bonchev–Trinajstić information content (AvgIpc) is 2.69. The van der Waals surface area contributed by atoms with Crippen molar-refractivity contribution in [1.29, 1.82) is 0 Å². The number of hydrogen-bond donors (Lipinski definition) is 2. The Kier molecular flexibility index (Phi) is 4.22. The van der Waals surface area contributed by atoms with Crippen molar-refractivity contribution < 1.29 is 9.18 Å². The number of anilines is 2. The molecule has 0 amide bonds. The number of aromatic nitrogens is 2. The molecule has 0 bridgehead atoms. The maximum atomic E-state index is 14.0. The second-order valence-electron chi connectivity index (χ2n) is 6.24. The molecule has 0 unspecified atom stereocenters. The summed E-state index contributed by atoms with van der Waals surface area (Å²) in [6.07, 6.45) is 1.74. The summed E-state index contributed by atoms with van der Waals surface area (Å²) in [5.74, 6) is -0.241. The summed E-state index contributed by atoms with van der Waals surface area (Å²) in [5, 5.41) is 3.29. The van der Waals surface area contributed by atoms with Crippen molar-refractivity contribution in [2.45, 2.75) is 0 Å². The standard InChI is InChI=1S/C19H18FN5O/c20-15-3-2-13(21)10-14(15)19(26)12-1-4-16-17(9-12)24-18(11-23-16)25-7-5-22-6-8-25/h1-4,9-11,22H,5-8,21H2. The fourth-order valence-electron chi connectivity index (χ4n) is 3.06. The molecule has 6 nitrogen and oxygen atoms in total. The number of hydrogen-bond acceptors (Lipinski definition) is 6. The average molecular weight is 351 g/mol. The van der Waals surface area contributed by atoms with Gasteiger partial charge >= 0.3 is 0 Å². The Labute approximate surface area is 149 Å². The van der Waals surface area contributed by atoms with Crippen LogP contribution >= 0.6 is 0 Å². The first kappa shape index (κ1) is 16.4. The van der Waals surface area contributed by atoms with Crippen molar-refractivity contribution in [2.75, 3.05) is 36.8 Å². The summed E-state index contributed by atoms with van der Waals surface area (Å²) in [7, 11) is 0. The van der Waals surface area contributed by atoms with Gasteiger partial charge in [-0.2, -0.15) is 0 Å². The number of piperazine rings is 1. The smallest absolute Gasteiger partial charge is 0.196 e. The summed E-state index contributed by atoms with van der Waals surface area (Å²) in [6, 6.07) is 8.99. The Bertz CT molecular complexity index is 985. The number of nitrogens with two attached hydrogens (primary N) is 1. The van der Waals surface area contributed by atoms with Crippen LogP contribution in [0.3, 0.4) is 0 Å². The predicted octanol–water partition coefficient (Wildman–Crippen LogP) is 1.99. The fourth-order valence-corrected chi connectivity index (χ4v) is 3.06. The Morgan fingerprint density at radius 2 is 1.92 bits per heavy atom. The van der Waals surface area contributed by atoms with Crippen LogP contribution in [0.1, 0.15) is 15.9 Å². The van der Waals surface area contributed by atoms with Gasteiger partial charge in [-0.15, -0.1) is 0 Å². The van der Waals surface area contributed by atoms with Gasteiger partial charge in [0.25, 0.3) is 0 Å². The SMILES string of the molecule is Nc1ccc(F)c(C(=O)c2ccc3ncc(N4CCNCC4)nc3c2)c1. The zero-order chi connectivity index (χ0) is 18.1. The van der Waals surface area contributed by atoms with Crippen LogP contribution in [0.25, 0.3) is 11.0 Å². The highest BCUT2D eigenvalue weighted by Crippen LogP contribution is 2.21. The number of nitrogens with one attached hydrogen (secondary N) is 1. The maximum absolute atomic E-state index is 14.0. The van der Waals surface area contributed by atoms with Crippen molar-refractivity contribution in [2.24, 2.45) is 0 Å². The number of nitrogen functional groups attached to an aromatic ring is 1. The van der Waals surface area contributed by atoms with E-state index in [1.54, 1.807) is 24.4 Å². The van der Waals surface area contributed by atoms with E-state index in [1.165, 1.54) is 18.2 Å². The summed E-state index contributed by atoms with van der Waals surface area (Å²) < 4.78 is 14.0. The van der Waals surface area contributed by atoms with Gasteiger partial charge in [0.2, 0.25) is 0 Å². The van der Waals surface area contributed by atoms with Crippen LogP contribution in [-0.2, 0) is 0 Å². The van der Waals surface area contributed by atoms with Crippen molar-refractivity contribution in [3.05, 3.63) is 59.5 Å². The quantitative estimate of drug-likeness (QED) is 0.555. The van der Waals surface area contributed by atoms with E-state index in [1.807, 2.05) is 0 Å². The van der Waals surface area contributed by atoms with Crippen LogP contribution in [0.4, 0.5) is 15.9 Å². The van der Waals surface area contributed by atoms with E-state index in [0.717, 1.165) is 32.0 Å². The molecule has 3 N–H and O–H groups in total. The predicted molar refractivity (Wildman–Crippen MR) is 98.9 cm³/mol. The summed E-state index contributed by atoms with van der Waals surface area (Å²) in [4.78, 5) is 23.9. The minimum absolute atomic E-state index is 0.0458. The molecule has 132 valence electrons. The number of ketones is 1. The van der Waals surface area contributed by atoms with Crippen molar-refractivity contribution >= 4 is 28.3 Å². The lowest BCUT2D eigenvalue weighted by Gasteiger charge is -2.28. The third-order valence-electron chi connectivity index (χ3n) is 4.47. The van der Waals surface area contributed by atoms with Crippen LogP contribution in [0, 0.1) is 5.82 Å². The molecule has 0 spiro atoms. The summed E-state index contributed by atoms with van der Waals surface area (Å²) >= 11 is 0. The molecular weight excluding hydrogens is 333 g/mol. The van der Waals surface area contributed by atoms with Gasteiger partial charge in [-0.25, -0.2) is 9.37 Å². The van der Waals surface area contributed by atoms with Gasteiger partial charge in [0, 0.05) is 37.4 Å². The van der Waals surface area contributed by atoms with E-state index in [4.69, 9.17) is 5.73 Å². The molecule has 1 aliphatic rings. The van der Waals surface area contributed by atoms with Gasteiger partial charge in [-0.05, 0) is 36.4 Å². The molecular formula is C19H18FN5O. The number of nitrogens with zero attached hydrogens (tertiary/aromatic N) is 3. The second kappa shape index (κ2) is 6.68. The van der Waals surface area contributed by atoms with E-state index >= 15 is 0 Å². The molecule has 1 fully saturated rings. The number of carbonyl (C=O) groups excluding carboxylic acids is 1. The monoisotopic (exact) mass is 351 g/mol. The van der Waals surface area contributed by atoms with Gasteiger partial charge in [0.05, 0.1) is 22.8 Å². The third kappa shape index (κ3) is 3.09. The van der Waals surface area contributed by atoms with Crippen molar-refractivity contribution in [1.82, 2.24) is 15.3 Å². The first-order chi connectivity index (χ1) is 12.6. The molecule has 1 aliphatic heterocycles. The first-order valence-electron chi connectivity index (χ1n) is 8.44. The Morgan fingerprint density at radius 1 is 1.12 bits per heavy atom. The van der Waals surface area contributed by atoms with Crippen LogP contribution in [0.5, 0.6) is 0 Å². The van der Waals surface area contributed by atoms with Crippen LogP contribution in [0.2, 0.25) is 0 Å². The molecule has 2 heterocycles. The Hall–Kier alpha value is -3.06. The molecule has 1 aromatic heterocycles. The molecule has 0 radical (unpaired) electrons. The number of rotatable bonds is 3. The molecule has 7 heteroatoms. The summed E-state index contributed by atoms with van der Waals surface area (Å²) in [5.41, 5.74) is 7.63. The molecule has 3 aromatic rings. The first-order valence-corrected chi connectivity index (χ1v) is 8.44. The lowest BCUT2D eigenvalue weighted by Crippen LogP contribution is -2.43. The summed E-state index contributed by atoms with van der Waals surface area (Å²) in [6.45, 7) is 3.50. The van der Waals surface area contributed by atoms with E-state index in [2.05, 4.69) is 20.2 Å². The van der Waals surface area contributed by atoms with E-state index in [9.17, 15) is 9.18 Å². The van der Waals surface area contributed by atoms with Crippen LogP contribution in [-0.4, -0.2) is 41.9 Å². The lowest BCUT2D eigenvalue weighted by atomic mass is 10.0. The zero-order valence-electron chi connectivity index (χ0n) is 14.1. The number of carbonyl (C=O) groups is 1. The third-order valence-corrected chi connectivity index (χ3v) is 4.47. The van der Waals surface area contributed by atoms with Gasteiger partial charge < -0.3 is 16.0 Å². The normalized spacial score (nSPS) is 14.6. The fraction of sp³-hybridized carbons (Fsp3) is 0.211. The highest BCUT2D eigenvalue weighted by Gasteiger charge is 2.17. The Morgan fingerprint density at radius 3 is 2.73 bits per heavy atom. The second-order valence-corrected chi connectivity index (χ2v) is 6.24. The van der Waals surface area contributed by atoms with E-state index in [-0.39, 0.29) is 5.56 Å². The van der Waals surface area contributed by atoms with Crippen molar-refractivity contribution in [3.63, 3.8) is 0 Å². The zero-order valence-corrected chi connectivity index (χ0v) is 14.1. The van der Waals surface area contributed by atoms with Gasteiger partial charge in [0.15, 0.2) is 5.78 Å². The lowest BCUT2D eigenvalue weighted by molar-refractivity contribution is 0.103. The topological polar surface area (TPSA) is 84.1 Å². The highest BCUT2D eigenvalue weighted by atomic mass is 19.1. The number of benzene rings is 2. The number of fused-ring (bicyclic) bond motifs is 1. The van der Waals surface area contributed by atoms with Gasteiger partial charge in [0.1, 0.15) is 11.6 Å². The largest absolute Gasteiger partial charge is 0.399 e. The number of halogens is 1. The van der Waals surface area contributed by atoms with E-state index in [0.29, 0.717) is 22.3 Å². The van der Waals surface area contributed by atoms with Crippen LogP contribution < -0.4 is 16.0 Å². The molecule has 0 saturated carbocycles. The molecule has 4 rings (SSSR count). The highest BCUT2D eigenvalue weighted by molar-refractivity contribution is 6.10. The molecule has 0 atom stereocenters. The van der Waals surface area contributed by atoms with Crippen LogP contribution in [0.15, 0.2) is 42.6 Å².